The number of hydrogen-bond acceptors (Lipinski definition) is 7. The van der Waals surface area contributed by atoms with E-state index < -0.39 is 5.97 Å². The van der Waals surface area contributed by atoms with E-state index in [1.807, 2.05) is 37.3 Å². The first-order valence-corrected chi connectivity index (χ1v) is 10.4. The summed E-state index contributed by atoms with van der Waals surface area (Å²) in [5.41, 5.74) is 1.75. The quantitative estimate of drug-likeness (QED) is 0.369. The van der Waals surface area contributed by atoms with Gasteiger partial charge >= 0.3 is 5.97 Å². The summed E-state index contributed by atoms with van der Waals surface area (Å²) in [4.78, 5) is 11.7. The summed E-state index contributed by atoms with van der Waals surface area (Å²) in [5, 5.41) is 9.63. The van der Waals surface area contributed by atoms with E-state index in [9.17, 15) is 4.79 Å². The molecule has 3 aromatic rings. The molecule has 8 heteroatoms. The first-order chi connectivity index (χ1) is 14.1. The second kappa shape index (κ2) is 9.65. The molecule has 0 N–H and O–H groups in total. The standard InChI is InChI=1S/C21H25N3O4S/c1-5-6-11-24-19(15-7-9-16(26-3)10-8-15)22-23-21(24)29-13-17-12-14(2)18(28-17)20(25)27-4/h7-10,12H,5-6,11,13H2,1-4H3. The number of nitrogens with zero attached hydrogens (tertiary/aromatic N) is 3. The van der Waals surface area contributed by atoms with E-state index in [2.05, 4.69) is 21.7 Å². The molecule has 2 aromatic heterocycles. The van der Waals surface area contributed by atoms with Crippen LogP contribution in [0.4, 0.5) is 0 Å². The number of ether oxygens (including phenoxy) is 2. The summed E-state index contributed by atoms with van der Waals surface area (Å²) in [6.07, 6.45) is 2.10. The van der Waals surface area contributed by atoms with E-state index in [1.54, 1.807) is 7.11 Å². The third-order valence-corrected chi connectivity index (χ3v) is 5.47. The minimum absolute atomic E-state index is 0.245. The van der Waals surface area contributed by atoms with Crippen molar-refractivity contribution < 1.29 is 18.7 Å². The van der Waals surface area contributed by atoms with Gasteiger partial charge in [0.2, 0.25) is 5.76 Å². The molecule has 0 saturated heterocycles. The summed E-state index contributed by atoms with van der Waals surface area (Å²) in [6.45, 7) is 4.82. The predicted octanol–water partition coefficient (Wildman–Crippen LogP) is 4.73. The van der Waals surface area contributed by atoms with Crippen molar-refractivity contribution in [3.8, 4) is 17.1 Å². The van der Waals surface area contributed by atoms with Crippen LogP contribution in [0.2, 0.25) is 0 Å². The van der Waals surface area contributed by atoms with Gasteiger partial charge in [-0.1, -0.05) is 25.1 Å². The van der Waals surface area contributed by atoms with E-state index in [0.717, 1.165) is 47.2 Å². The molecule has 1 aromatic carbocycles. The van der Waals surface area contributed by atoms with Gasteiger partial charge in [-0.3, -0.25) is 0 Å². The lowest BCUT2D eigenvalue weighted by Crippen LogP contribution is -2.02. The molecule has 0 saturated carbocycles. The molecule has 0 aliphatic heterocycles. The van der Waals surface area contributed by atoms with Crippen molar-refractivity contribution >= 4 is 17.7 Å². The van der Waals surface area contributed by atoms with E-state index in [0.29, 0.717) is 11.5 Å². The molecule has 0 fully saturated rings. The van der Waals surface area contributed by atoms with Crippen LogP contribution >= 0.6 is 11.8 Å². The fraction of sp³-hybridized carbons (Fsp3) is 0.381. The summed E-state index contributed by atoms with van der Waals surface area (Å²) in [7, 11) is 2.99. The molecule has 0 atom stereocenters. The molecule has 0 aliphatic rings. The number of aromatic nitrogens is 3. The highest BCUT2D eigenvalue weighted by Gasteiger charge is 2.18. The third kappa shape index (κ3) is 4.82. The maximum Gasteiger partial charge on any atom is 0.374 e. The number of benzene rings is 1. The number of furan rings is 1. The number of esters is 1. The minimum atomic E-state index is -0.466. The van der Waals surface area contributed by atoms with Gasteiger partial charge in [-0.2, -0.15) is 0 Å². The molecule has 3 rings (SSSR count). The lowest BCUT2D eigenvalue weighted by molar-refractivity contribution is 0.0562. The molecule has 0 aliphatic carbocycles. The summed E-state index contributed by atoms with van der Waals surface area (Å²) < 4.78 is 17.8. The fourth-order valence-electron chi connectivity index (χ4n) is 2.92. The number of unbranched alkanes of at least 4 members (excludes halogenated alkanes) is 1. The van der Waals surface area contributed by atoms with Crippen LogP contribution in [0.25, 0.3) is 11.4 Å². The molecule has 0 amide bonds. The Hall–Kier alpha value is -2.74. The van der Waals surface area contributed by atoms with E-state index >= 15 is 0 Å². The largest absolute Gasteiger partial charge is 0.497 e. The summed E-state index contributed by atoms with van der Waals surface area (Å²) in [5.74, 6) is 2.65. The zero-order chi connectivity index (χ0) is 20.8. The van der Waals surface area contributed by atoms with Gasteiger partial charge in [0.15, 0.2) is 11.0 Å². The Labute approximate surface area is 174 Å². The number of methoxy groups -OCH3 is 2. The molecular weight excluding hydrogens is 390 g/mol. The number of carbonyl (C=O) groups excluding carboxylic acids is 1. The molecule has 7 nitrogen and oxygen atoms in total. The van der Waals surface area contributed by atoms with Gasteiger partial charge < -0.3 is 18.5 Å². The molecule has 0 bridgehead atoms. The van der Waals surface area contributed by atoms with E-state index in [4.69, 9.17) is 13.9 Å². The molecule has 0 unspecified atom stereocenters. The van der Waals surface area contributed by atoms with Crippen molar-refractivity contribution in [2.75, 3.05) is 14.2 Å². The Balaban J connectivity index is 1.81. The number of aryl methyl sites for hydroxylation is 1. The SMILES string of the molecule is CCCCn1c(SCc2cc(C)c(C(=O)OC)o2)nnc1-c1ccc(OC)cc1. The van der Waals surface area contributed by atoms with Gasteiger partial charge in [-0.25, -0.2) is 4.79 Å². The summed E-state index contributed by atoms with van der Waals surface area (Å²) in [6, 6.07) is 9.66. The van der Waals surface area contributed by atoms with Gasteiger partial charge in [0.25, 0.3) is 0 Å². The second-order valence-corrected chi connectivity index (χ2v) is 7.49. The minimum Gasteiger partial charge on any atom is -0.497 e. The maximum absolute atomic E-state index is 11.7. The zero-order valence-electron chi connectivity index (χ0n) is 17.1. The Kier molecular flexibility index (Phi) is 6.98. The molecular formula is C21H25N3O4S. The van der Waals surface area contributed by atoms with Crippen LogP contribution in [-0.4, -0.2) is 35.0 Å². The maximum atomic E-state index is 11.7. The summed E-state index contributed by atoms with van der Waals surface area (Å²) >= 11 is 1.53. The van der Waals surface area contributed by atoms with Crippen molar-refractivity contribution in [1.29, 1.82) is 0 Å². The molecule has 154 valence electrons. The van der Waals surface area contributed by atoms with E-state index in [-0.39, 0.29) is 5.76 Å². The highest BCUT2D eigenvalue weighted by atomic mass is 32.2. The van der Waals surface area contributed by atoms with Crippen molar-refractivity contribution in [1.82, 2.24) is 14.8 Å². The number of carbonyl (C=O) groups is 1. The second-order valence-electron chi connectivity index (χ2n) is 6.54. The van der Waals surface area contributed by atoms with Crippen molar-refractivity contribution in [3.05, 3.63) is 47.4 Å². The van der Waals surface area contributed by atoms with Crippen molar-refractivity contribution in [3.63, 3.8) is 0 Å². The van der Waals surface area contributed by atoms with Gasteiger partial charge in [0.1, 0.15) is 11.5 Å². The number of thioether (sulfide) groups is 1. The van der Waals surface area contributed by atoms with Crippen LogP contribution in [0, 0.1) is 6.92 Å². The number of rotatable bonds is 9. The van der Waals surface area contributed by atoms with Crippen molar-refractivity contribution in [2.24, 2.45) is 0 Å². The Bertz CT molecular complexity index is 963. The van der Waals surface area contributed by atoms with Crippen LogP contribution < -0.4 is 4.74 Å². The Morgan fingerprint density at radius 2 is 1.97 bits per heavy atom. The first-order valence-electron chi connectivity index (χ1n) is 9.45. The van der Waals surface area contributed by atoms with Crippen LogP contribution in [-0.2, 0) is 17.0 Å². The van der Waals surface area contributed by atoms with Crippen molar-refractivity contribution in [2.45, 2.75) is 44.1 Å². The highest BCUT2D eigenvalue weighted by molar-refractivity contribution is 7.98. The van der Waals surface area contributed by atoms with Gasteiger partial charge in [0.05, 0.1) is 20.0 Å². The smallest absolute Gasteiger partial charge is 0.374 e. The zero-order valence-corrected chi connectivity index (χ0v) is 17.9. The van der Waals surface area contributed by atoms with Gasteiger partial charge in [-0.15, -0.1) is 10.2 Å². The Morgan fingerprint density at radius 3 is 2.62 bits per heavy atom. The Morgan fingerprint density at radius 1 is 1.21 bits per heavy atom. The molecule has 29 heavy (non-hydrogen) atoms. The van der Waals surface area contributed by atoms with Crippen LogP contribution in [0.3, 0.4) is 0 Å². The predicted molar refractivity (Wildman–Crippen MR) is 111 cm³/mol. The van der Waals surface area contributed by atoms with Gasteiger partial charge in [-0.05, 0) is 43.7 Å². The molecule has 0 spiro atoms. The lowest BCUT2D eigenvalue weighted by atomic mass is 10.2. The van der Waals surface area contributed by atoms with Crippen LogP contribution in [0.15, 0.2) is 39.9 Å². The topological polar surface area (TPSA) is 79.4 Å². The average molecular weight is 416 g/mol. The molecule has 2 heterocycles. The lowest BCUT2D eigenvalue weighted by Gasteiger charge is -2.09. The number of hydrogen-bond donors (Lipinski definition) is 0. The first kappa shape index (κ1) is 21.0. The molecule has 0 radical (unpaired) electrons. The van der Waals surface area contributed by atoms with Crippen LogP contribution in [0.1, 0.15) is 41.6 Å². The monoisotopic (exact) mass is 415 g/mol. The fourth-order valence-corrected chi connectivity index (χ4v) is 3.76. The highest BCUT2D eigenvalue weighted by Crippen LogP contribution is 2.29. The van der Waals surface area contributed by atoms with E-state index in [1.165, 1.54) is 18.9 Å². The third-order valence-electron chi connectivity index (χ3n) is 4.48. The normalized spacial score (nSPS) is 10.9. The average Bonchev–Trinajstić information content (AvgIpc) is 3.33. The van der Waals surface area contributed by atoms with Gasteiger partial charge in [0, 0.05) is 17.7 Å². The van der Waals surface area contributed by atoms with Crippen LogP contribution in [0.5, 0.6) is 5.75 Å².